The lowest BCUT2D eigenvalue weighted by Gasteiger charge is -2.27. The molecule has 0 aromatic rings. The van der Waals surface area contributed by atoms with Crippen LogP contribution < -0.4 is 0 Å². The van der Waals surface area contributed by atoms with E-state index in [1.54, 1.807) is 4.90 Å². The van der Waals surface area contributed by atoms with E-state index in [9.17, 15) is 4.79 Å². The highest BCUT2D eigenvalue weighted by Crippen LogP contribution is 2.11. The van der Waals surface area contributed by atoms with E-state index < -0.39 is 5.60 Å². The maximum Gasteiger partial charge on any atom is 0.410 e. The molecule has 16 heavy (non-hydrogen) atoms. The maximum atomic E-state index is 11.8. The molecule has 0 aromatic carbocycles. The van der Waals surface area contributed by atoms with Crippen LogP contribution in [0.1, 0.15) is 47.5 Å². The average Bonchev–Trinajstić information content (AvgIpc) is 2.08. The van der Waals surface area contributed by atoms with Gasteiger partial charge in [0.15, 0.2) is 0 Å². The van der Waals surface area contributed by atoms with Crippen LogP contribution in [-0.4, -0.2) is 29.7 Å². The minimum Gasteiger partial charge on any atom is -0.444 e. The van der Waals surface area contributed by atoms with Gasteiger partial charge < -0.3 is 9.64 Å². The summed E-state index contributed by atoms with van der Waals surface area (Å²) in [5.41, 5.74) is 0.663. The fourth-order valence-electron chi connectivity index (χ4n) is 1.22. The van der Waals surface area contributed by atoms with Crippen molar-refractivity contribution >= 4 is 6.09 Å². The molecular formula is C13H25NO2. The third-order valence-electron chi connectivity index (χ3n) is 1.95. The third kappa shape index (κ3) is 7.32. The molecule has 0 N–H and O–H groups in total. The summed E-state index contributed by atoms with van der Waals surface area (Å²) in [6.07, 6.45) is 1.55. The highest BCUT2D eigenvalue weighted by atomic mass is 16.6. The summed E-state index contributed by atoms with van der Waals surface area (Å²) >= 11 is 0. The van der Waals surface area contributed by atoms with Crippen molar-refractivity contribution in [2.24, 2.45) is 0 Å². The number of hydrogen-bond acceptors (Lipinski definition) is 2. The Kier molecular flexibility index (Phi) is 6.16. The van der Waals surface area contributed by atoms with Gasteiger partial charge in [-0.05, 0) is 40.5 Å². The van der Waals surface area contributed by atoms with E-state index in [-0.39, 0.29) is 6.09 Å². The van der Waals surface area contributed by atoms with Gasteiger partial charge in [-0.25, -0.2) is 4.79 Å². The summed E-state index contributed by atoms with van der Waals surface area (Å²) in [5.74, 6) is 0. The molecule has 0 heterocycles. The Labute approximate surface area is 99.5 Å². The van der Waals surface area contributed by atoms with E-state index in [0.717, 1.165) is 25.0 Å². The summed E-state index contributed by atoms with van der Waals surface area (Å²) in [7, 11) is 0. The van der Waals surface area contributed by atoms with Crippen LogP contribution in [0.5, 0.6) is 0 Å². The molecule has 1 amide bonds. The van der Waals surface area contributed by atoms with Gasteiger partial charge in [-0.15, -0.1) is 6.58 Å². The van der Waals surface area contributed by atoms with Crippen molar-refractivity contribution in [3.8, 4) is 0 Å². The number of rotatable bonds is 5. The molecule has 0 bridgehead atoms. The molecule has 0 aliphatic rings. The molecule has 0 unspecified atom stereocenters. The number of ether oxygens (including phenoxy) is 1. The average molecular weight is 227 g/mol. The topological polar surface area (TPSA) is 29.5 Å². The Morgan fingerprint density at radius 1 is 1.31 bits per heavy atom. The normalized spacial score (nSPS) is 11.1. The quantitative estimate of drug-likeness (QED) is 0.672. The van der Waals surface area contributed by atoms with Crippen LogP contribution in [0.3, 0.4) is 0 Å². The molecule has 0 radical (unpaired) electrons. The lowest BCUT2D eigenvalue weighted by molar-refractivity contribution is 0.0252. The first kappa shape index (κ1) is 15.0. The monoisotopic (exact) mass is 227 g/mol. The molecule has 0 aliphatic carbocycles. The summed E-state index contributed by atoms with van der Waals surface area (Å²) < 4.78 is 5.34. The lowest BCUT2D eigenvalue weighted by atomic mass is 10.2. The summed E-state index contributed by atoms with van der Waals surface area (Å²) in [4.78, 5) is 13.6. The van der Waals surface area contributed by atoms with E-state index in [2.05, 4.69) is 13.5 Å². The molecule has 0 aromatic heterocycles. The van der Waals surface area contributed by atoms with Crippen LogP contribution >= 0.6 is 0 Å². The van der Waals surface area contributed by atoms with Crippen LogP contribution in [-0.2, 0) is 4.74 Å². The maximum absolute atomic E-state index is 11.8. The van der Waals surface area contributed by atoms with Crippen molar-refractivity contribution in [2.45, 2.75) is 53.1 Å². The third-order valence-corrected chi connectivity index (χ3v) is 1.95. The van der Waals surface area contributed by atoms with E-state index in [4.69, 9.17) is 4.74 Å². The van der Waals surface area contributed by atoms with Gasteiger partial charge in [0.2, 0.25) is 0 Å². The molecule has 3 nitrogen and oxygen atoms in total. The Bertz CT molecular complexity index is 241. The molecule has 0 atom stereocenters. The van der Waals surface area contributed by atoms with Crippen LogP contribution in [0.25, 0.3) is 0 Å². The zero-order valence-electron chi connectivity index (χ0n) is 11.3. The Hall–Kier alpha value is -0.990. The zero-order chi connectivity index (χ0) is 12.8. The molecule has 94 valence electrons. The Morgan fingerprint density at radius 3 is 2.25 bits per heavy atom. The minimum absolute atomic E-state index is 0.226. The molecule has 0 saturated heterocycles. The van der Waals surface area contributed by atoms with Crippen molar-refractivity contribution in [3.63, 3.8) is 0 Å². The Balaban J connectivity index is 4.29. The number of hydrogen-bond donors (Lipinski definition) is 0. The molecular weight excluding hydrogens is 202 g/mol. The van der Waals surface area contributed by atoms with Crippen molar-refractivity contribution < 1.29 is 9.53 Å². The molecule has 3 heteroatoms. The van der Waals surface area contributed by atoms with Gasteiger partial charge in [-0.2, -0.15) is 0 Å². The molecule has 0 spiro atoms. The van der Waals surface area contributed by atoms with Gasteiger partial charge in [-0.3, -0.25) is 0 Å². The smallest absolute Gasteiger partial charge is 0.410 e. The van der Waals surface area contributed by atoms with Crippen LogP contribution in [0.15, 0.2) is 12.2 Å². The summed E-state index contributed by atoms with van der Waals surface area (Å²) in [6, 6.07) is 0. The predicted octanol–water partition coefficient (Wildman–Crippen LogP) is 3.60. The standard InChI is InChI=1S/C13H25NO2/c1-7-9-14(10-8-11(2)3)12(15)16-13(4,5)6/h2,7-10H2,1,3-6H3. The van der Waals surface area contributed by atoms with Crippen LogP contribution in [0, 0.1) is 0 Å². The first-order valence-electron chi connectivity index (χ1n) is 5.88. The van der Waals surface area contributed by atoms with E-state index in [0.29, 0.717) is 6.54 Å². The fourth-order valence-corrected chi connectivity index (χ4v) is 1.22. The van der Waals surface area contributed by atoms with Gasteiger partial charge in [0, 0.05) is 13.1 Å². The molecule has 0 aliphatic heterocycles. The van der Waals surface area contributed by atoms with Crippen molar-refractivity contribution in [1.82, 2.24) is 4.90 Å². The number of carbonyl (C=O) groups is 1. The number of nitrogens with zero attached hydrogens (tertiary/aromatic N) is 1. The second-order valence-corrected chi connectivity index (χ2v) is 5.17. The second-order valence-electron chi connectivity index (χ2n) is 5.17. The SMILES string of the molecule is C=C(C)CCN(CCC)C(=O)OC(C)(C)C. The second kappa shape index (κ2) is 6.56. The highest BCUT2D eigenvalue weighted by Gasteiger charge is 2.21. The van der Waals surface area contributed by atoms with Gasteiger partial charge in [0.1, 0.15) is 5.60 Å². The van der Waals surface area contributed by atoms with Crippen LogP contribution in [0.2, 0.25) is 0 Å². The Morgan fingerprint density at radius 2 is 1.88 bits per heavy atom. The largest absolute Gasteiger partial charge is 0.444 e. The van der Waals surface area contributed by atoms with Gasteiger partial charge in [0.25, 0.3) is 0 Å². The first-order valence-corrected chi connectivity index (χ1v) is 5.88. The van der Waals surface area contributed by atoms with Gasteiger partial charge in [-0.1, -0.05) is 12.5 Å². The summed E-state index contributed by atoms with van der Waals surface area (Å²) in [5, 5.41) is 0. The van der Waals surface area contributed by atoms with E-state index >= 15 is 0 Å². The molecule has 0 fully saturated rings. The molecule has 0 saturated carbocycles. The first-order chi connectivity index (χ1) is 7.26. The predicted molar refractivity (Wildman–Crippen MR) is 67.5 cm³/mol. The lowest BCUT2D eigenvalue weighted by Crippen LogP contribution is -2.37. The minimum atomic E-state index is -0.424. The summed E-state index contributed by atoms with van der Waals surface area (Å²) in [6.45, 7) is 14.9. The van der Waals surface area contributed by atoms with Crippen molar-refractivity contribution in [3.05, 3.63) is 12.2 Å². The fraction of sp³-hybridized carbons (Fsp3) is 0.769. The number of amides is 1. The van der Waals surface area contributed by atoms with E-state index in [1.807, 2.05) is 27.7 Å². The van der Waals surface area contributed by atoms with Crippen molar-refractivity contribution in [1.29, 1.82) is 0 Å². The van der Waals surface area contributed by atoms with Gasteiger partial charge >= 0.3 is 6.09 Å². The van der Waals surface area contributed by atoms with E-state index in [1.165, 1.54) is 0 Å². The van der Waals surface area contributed by atoms with Crippen molar-refractivity contribution in [2.75, 3.05) is 13.1 Å². The van der Waals surface area contributed by atoms with Gasteiger partial charge in [0.05, 0.1) is 0 Å². The molecule has 0 rings (SSSR count). The zero-order valence-corrected chi connectivity index (χ0v) is 11.3. The number of carbonyl (C=O) groups excluding carboxylic acids is 1. The highest BCUT2D eigenvalue weighted by molar-refractivity contribution is 5.68. The van der Waals surface area contributed by atoms with Crippen LogP contribution in [0.4, 0.5) is 4.79 Å².